The van der Waals surface area contributed by atoms with Crippen LogP contribution in [-0.4, -0.2) is 51.9 Å². The summed E-state index contributed by atoms with van der Waals surface area (Å²) in [5.74, 6) is 2.70. The molecule has 0 saturated carbocycles. The van der Waals surface area contributed by atoms with Crippen LogP contribution in [0.2, 0.25) is 0 Å². The number of methoxy groups -OCH3 is 1. The van der Waals surface area contributed by atoms with Gasteiger partial charge in [-0.1, -0.05) is 26.0 Å². The Hall–Kier alpha value is -2.87. The summed E-state index contributed by atoms with van der Waals surface area (Å²) in [4.78, 5) is 12.4. The van der Waals surface area contributed by atoms with Gasteiger partial charge in [-0.15, -0.1) is 0 Å². The second-order valence-electron chi connectivity index (χ2n) is 9.39. The number of fused-ring (bicyclic) bond motifs is 1. The SMILES string of the molecule is COc1cccc(C(C)Nc2nc(N3CCC34CCCNC4)nc3c(C(C)C)cnn23)c1. The predicted molar refractivity (Wildman–Crippen MR) is 127 cm³/mol. The molecule has 0 radical (unpaired) electrons. The van der Waals surface area contributed by atoms with E-state index in [4.69, 9.17) is 14.7 Å². The van der Waals surface area contributed by atoms with Crippen LogP contribution in [0, 0.1) is 0 Å². The summed E-state index contributed by atoms with van der Waals surface area (Å²) in [6.07, 6.45) is 5.50. The van der Waals surface area contributed by atoms with Crippen molar-refractivity contribution in [3.63, 3.8) is 0 Å². The number of anilines is 2. The topological polar surface area (TPSA) is 79.6 Å². The van der Waals surface area contributed by atoms with Gasteiger partial charge in [0, 0.05) is 18.7 Å². The quantitative estimate of drug-likeness (QED) is 0.610. The zero-order chi connectivity index (χ0) is 22.3. The molecule has 32 heavy (non-hydrogen) atoms. The van der Waals surface area contributed by atoms with Crippen LogP contribution in [0.25, 0.3) is 5.65 Å². The summed E-state index contributed by atoms with van der Waals surface area (Å²) >= 11 is 0. The Morgan fingerprint density at radius 3 is 2.75 bits per heavy atom. The van der Waals surface area contributed by atoms with Crippen LogP contribution in [0.1, 0.15) is 63.1 Å². The van der Waals surface area contributed by atoms with Gasteiger partial charge in [0.25, 0.3) is 0 Å². The largest absolute Gasteiger partial charge is 0.497 e. The molecular formula is C24H33N7O. The van der Waals surface area contributed by atoms with Crippen LogP contribution >= 0.6 is 0 Å². The average molecular weight is 436 g/mol. The molecule has 1 aromatic carbocycles. The summed E-state index contributed by atoms with van der Waals surface area (Å²) in [6.45, 7) is 9.59. The first kappa shape index (κ1) is 21.0. The van der Waals surface area contributed by atoms with Crippen LogP contribution in [0.3, 0.4) is 0 Å². The van der Waals surface area contributed by atoms with E-state index in [2.05, 4.69) is 53.5 Å². The van der Waals surface area contributed by atoms with Gasteiger partial charge in [-0.25, -0.2) is 0 Å². The highest BCUT2D eigenvalue weighted by atomic mass is 16.5. The van der Waals surface area contributed by atoms with Crippen molar-refractivity contribution in [2.75, 3.05) is 37.0 Å². The fourth-order valence-corrected chi connectivity index (χ4v) is 4.94. The van der Waals surface area contributed by atoms with Crippen molar-refractivity contribution in [3.8, 4) is 5.75 Å². The van der Waals surface area contributed by atoms with Gasteiger partial charge in [0.2, 0.25) is 11.9 Å². The molecule has 1 spiro atoms. The van der Waals surface area contributed by atoms with E-state index >= 15 is 0 Å². The number of aromatic nitrogens is 4. The lowest BCUT2D eigenvalue weighted by Crippen LogP contribution is -2.67. The lowest BCUT2D eigenvalue weighted by Gasteiger charge is -2.55. The van der Waals surface area contributed by atoms with Crippen LogP contribution in [0.5, 0.6) is 5.75 Å². The third-order valence-electron chi connectivity index (χ3n) is 7.01. The first-order valence-corrected chi connectivity index (χ1v) is 11.7. The van der Waals surface area contributed by atoms with Crippen molar-refractivity contribution in [3.05, 3.63) is 41.6 Å². The molecule has 2 fully saturated rings. The maximum Gasteiger partial charge on any atom is 0.231 e. The summed E-state index contributed by atoms with van der Waals surface area (Å²) < 4.78 is 7.26. The lowest BCUT2D eigenvalue weighted by atomic mass is 9.79. The van der Waals surface area contributed by atoms with E-state index < -0.39 is 0 Å². The first-order valence-electron chi connectivity index (χ1n) is 11.7. The Labute approximate surface area is 189 Å². The van der Waals surface area contributed by atoms with E-state index in [1.165, 1.54) is 19.3 Å². The van der Waals surface area contributed by atoms with Crippen molar-refractivity contribution < 1.29 is 4.74 Å². The highest BCUT2D eigenvalue weighted by Gasteiger charge is 2.47. The zero-order valence-corrected chi connectivity index (χ0v) is 19.4. The highest BCUT2D eigenvalue weighted by molar-refractivity contribution is 5.58. The van der Waals surface area contributed by atoms with Crippen molar-refractivity contribution in [1.82, 2.24) is 24.9 Å². The molecule has 4 heterocycles. The molecule has 2 aliphatic rings. The highest BCUT2D eigenvalue weighted by Crippen LogP contribution is 2.39. The Bertz CT molecular complexity index is 1100. The van der Waals surface area contributed by atoms with Gasteiger partial charge in [-0.05, 0) is 56.3 Å². The van der Waals surface area contributed by atoms with E-state index in [-0.39, 0.29) is 11.6 Å². The minimum absolute atomic E-state index is 0.0319. The molecule has 0 bridgehead atoms. The second kappa shape index (κ2) is 8.24. The molecule has 2 aromatic heterocycles. The van der Waals surface area contributed by atoms with Crippen molar-refractivity contribution in [2.45, 2.75) is 57.5 Å². The van der Waals surface area contributed by atoms with Gasteiger partial charge in [0.1, 0.15) is 5.75 Å². The monoisotopic (exact) mass is 435 g/mol. The van der Waals surface area contributed by atoms with Gasteiger partial charge in [0.05, 0.1) is 24.9 Å². The number of benzene rings is 1. The van der Waals surface area contributed by atoms with Gasteiger partial charge in [-0.3, -0.25) is 0 Å². The van der Waals surface area contributed by atoms with Crippen LogP contribution < -0.4 is 20.3 Å². The van der Waals surface area contributed by atoms with E-state index in [9.17, 15) is 0 Å². The Kier molecular flexibility index (Phi) is 5.41. The molecular weight excluding hydrogens is 402 g/mol. The van der Waals surface area contributed by atoms with E-state index in [0.29, 0.717) is 5.92 Å². The van der Waals surface area contributed by atoms with Crippen LogP contribution in [0.4, 0.5) is 11.9 Å². The second-order valence-corrected chi connectivity index (χ2v) is 9.39. The van der Waals surface area contributed by atoms with Crippen LogP contribution in [0.15, 0.2) is 30.5 Å². The van der Waals surface area contributed by atoms with Crippen LogP contribution in [-0.2, 0) is 0 Å². The standard InChI is InChI=1S/C24H33N7O/c1-16(2)20-14-26-31-21(20)28-22(30-12-10-24(30)9-6-11-25-15-24)29-23(31)27-17(3)18-7-5-8-19(13-18)32-4/h5,7-8,13-14,16-17,25H,6,9-12,15H2,1-4H3,(H,27,28,29). The molecule has 8 heteroatoms. The van der Waals surface area contributed by atoms with E-state index in [1.807, 2.05) is 22.8 Å². The molecule has 0 aliphatic carbocycles. The molecule has 2 aliphatic heterocycles. The molecule has 5 rings (SSSR count). The molecule has 2 saturated heterocycles. The van der Waals surface area contributed by atoms with Gasteiger partial charge >= 0.3 is 0 Å². The predicted octanol–water partition coefficient (Wildman–Crippen LogP) is 3.76. The Morgan fingerprint density at radius 2 is 2.06 bits per heavy atom. The number of rotatable bonds is 6. The molecule has 8 nitrogen and oxygen atoms in total. The zero-order valence-electron chi connectivity index (χ0n) is 19.4. The molecule has 2 unspecified atom stereocenters. The molecule has 170 valence electrons. The minimum Gasteiger partial charge on any atom is -0.497 e. The Morgan fingerprint density at radius 1 is 1.19 bits per heavy atom. The number of hydrogen-bond acceptors (Lipinski definition) is 7. The third-order valence-corrected chi connectivity index (χ3v) is 7.01. The number of nitrogens with zero attached hydrogens (tertiary/aromatic N) is 5. The summed E-state index contributed by atoms with van der Waals surface area (Å²) in [6, 6.07) is 8.15. The summed E-state index contributed by atoms with van der Waals surface area (Å²) in [7, 11) is 1.69. The maximum absolute atomic E-state index is 5.41. The number of ether oxygens (including phenoxy) is 1. The molecule has 3 aromatic rings. The smallest absolute Gasteiger partial charge is 0.231 e. The normalized spacial score (nSPS) is 21.7. The Balaban J connectivity index is 1.54. The van der Waals surface area contributed by atoms with Crippen molar-refractivity contribution in [1.29, 1.82) is 0 Å². The number of piperidine rings is 1. The molecule has 0 amide bonds. The average Bonchev–Trinajstić information content (AvgIpc) is 3.23. The van der Waals surface area contributed by atoms with E-state index in [0.717, 1.165) is 54.1 Å². The molecule has 2 N–H and O–H groups in total. The van der Waals surface area contributed by atoms with Gasteiger partial charge in [-0.2, -0.15) is 19.6 Å². The lowest BCUT2D eigenvalue weighted by molar-refractivity contribution is 0.208. The third kappa shape index (κ3) is 3.56. The molecule has 2 atom stereocenters. The van der Waals surface area contributed by atoms with E-state index in [1.54, 1.807) is 7.11 Å². The summed E-state index contributed by atoms with van der Waals surface area (Å²) in [5, 5.41) is 11.8. The van der Waals surface area contributed by atoms with Crippen molar-refractivity contribution >= 4 is 17.5 Å². The fraction of sp³-hybridized carbons (Fsp3) is 0.542. The number of nitrogens with one attached hydrogen (secondary N) is 2. The van der Waals surface area contributed by atoms with Crippen molar-refractivity contribution in [2.24, 2.45) is 0 Å². The fourth-order valence-electron chi connectivity index (χ4n) is 4.94. The summed E-state index contributed by atoms with van der Waals surface area (Å²) in [5.41, 5.74) is 3.30. The van der Waals surface area contributed by atoms with Gasteiger partial charge in [0.15, 0.2) is 5.65 Å². The first-order chi connectivity index (χ1) is 15.5. The number of hydrogen-bond donors (Lipinski definition) is 2. The maximum atomic E-state index is 5.41. The van der Waals surface area contributed by atoms with Gasteiger partial charge < -0.3 is 20.3 Å². The minimum atomic E-state index is 0.0319.